The van der Waals surface area contributed by atoms with E-state index < -0.39 is 0 Å². The number of hydrogen-bond donors (Lipinski definition) is 1. The van der Waals surface area contributed by atoms with Crippen molar-refractivity contribution in [2.75, 3.05) is 5.32 Å². The molecular formula is C20H19N5OS. The molecule has 1 N–H and O–H groups in total. The third-order valence-electron chi connectivity index (χ3n) is 4.15. The largest absolute Gasteiger partial charge is 0.310 e. The number of imidazole rings is 1. The van der Waals surface area contributed by atoms with Gasteiger partial charge in [0, 0.05) is 29.9 Å². The first-order valence-electron chi connectivity index (χ1n) is 8.84. The van der Waals surface area contributed by atoms with Gasteiger partial charge in [0.1, 0.15) is 5.01 Å². The molecule has 1 amide bonds. The summed E-state index contributed by atoms with van der Waals surface area (Å²) in [5, 5.41) is 5.73. The predicted molar refractivity (Wildman–Crippen MR) is 108 cm³/mol. The molecule has 1 aromatic carbocycles. The van der Waals surface area contributed by atoms with Gasteiger partial charge in [-0.3, -0.25) is 15.1 Å². The molecule has 6 nitrogen and oxygen atoms in total. The lowest BCUT2D eigenvalue weighted by atomic mass is 10.3. The van der Waals surface area contributed by atoms with E-state index in [0.717, 1.165) is 40.3 Å². The fraction of sp³-hybridized carbons (Fsp3) is 0.200. The first-order chi connectivity index (χ1) is 13.2. The number of nitrogens with one attached hydrogen (secondary N) is 1. The highest BCUT2D eigenvalue weighted by Gasteiger charge is 2.14. The van der Waals surface area contributed by atoms with Crippen LogP contribution in [0.15, 0.2) is 54.2 Å². The average Bonchev–Trinajstić information content (AvgIpc) is 3.28. The molecule has 4 aromatic rings. The summed E-state index contributed by atoms with van der Waals surface area (Å²) in [6, 6.07) is 11.7. The fourth-order valence-electron chi connectivity index (χ4n) is 2.96. The highest BCUT2D eigenvalue weighted by molar-refractivity contribution is 7.13. The molecule has 0 radical (unpaired) electrons. The minimum absolute atomic E-state index is 0.120. The Kier molecular flexibility index (Phi) is 4.93. The number of thiazole rings is 1. The van der Waals surface area contributed by atoms with E-state index in [-0.39, 0.29) is 12.3 Å². The van der Waals surface area contributed by atoms with Crippen LogP contribution in [0.4, 0.5) is 5.95 Å². The number of pyridine rings is 1. The van der Waals surface area contributed by atoms with Gasteiger partial charge < -0.3 is 4.57 Å². The van der Waals surface area contributed by atoms with Crippen molar-refractivity contribution in [3.63, 3.8) is 0 Å². The Bertz CT molecular complexity index is 1070. The van der Waals surface area contributed by atoms with Crippen LogP contribution in [0.5, 0.6) is 0 Å². The molecule has 0 fully saturated rings. The molecule has 3 aromatic heterocycles. The minimum atomic E-state index is -0.120. The van der Waals surface area contributed by atoms with Crippen LogP contribution in [0.3, 0.4) is 0 Å². The van der Waals surface area contributed by atoms with Crippen molar-refractivity contribution in [3.05, 3.63) is 59.9 Å². The lowest BCUT2D eigenvalue weighted by molar-refractivity contribution is -0.115. The quantitative estimate of drug-likeness (QED) is 0.548. The van der Waals surface area contributed by atoms with Crippen LogP contribution in [0.2, 0.25) is 0 Å². The second-order valence-electron chi connectivity index (χ2n) is 6.19. The van der Waals surface area contributed by atoms with Gasteiger partial charge in [-0.25, -0.2) is 9.97 Å². The van der Waals surface area contributed by atoms with Crippen LogP contribution >= 0.6 is 11.3 Å². The first kappa shape index (κ1) is 17.4. The van der Waals surface area contributed by atoms with Gasteiger partial charge in [-0.2, -0.15) is 0 Å². The Morgan fingerprint density at radius 1 is 1.19 bits per heavy atom. The monoisotopic (exact) mass is 377 g/mol. The number of para-hydroxylation sites is 2. The van der Waals surface area contributed by atoms with Gasteiger partial charge in [0.15, 0.2) is 0 Å². The number of carbonyl (C=O) groups is 1. The average molecular weight is 377 g/mol. The summed E-state index contributed by atoms with van der Waals surface area (Å²) in [6.45, 7) is 2.91. The molecule has 0 aliphatic carbocycles. The number of fused-ring (bicyclic) bond motifs is 1. The van der Waals surface area contributed by atoms with Crippen molar-refractivity contribution < 1.29 is 4.79 Å². The van der Waals surface area contributed by atoms with Crippen molar-refractivity contribution >= 4 is 34.2 Å². The first-order valence-corrected chi connectivity index (χ1v) is 9.72. The van der Waals surface area contributed by atoms with E-state index in [1.807, 2.05) is 41.8 Å². The smallest absolute Gasteiger partial charge is 0.232 e. The van der Waals surface area contributed by atoms with Gasteiger partial charge >= 0.3 is 0 Å². The number of aromatic nitrogens is 4. The zero-order chi connectivity index (χ0) is 18.6. The number of anilines is 1. The molecule has 136 valence electrons. The fourth-order valence-corrected chi connectivity index (χ4v) is 3.77. The second-order valence-corrected chi connectivity index (χ2v) is 7.04. The standard InChI is InChI=1S/C20H19N5OS/c1-2-10-25-17-8-4-3-7-16(17)23-20(25)24-18(26)11-15-13-27-19(22-15)14-6-5-9-21-12-14/h3-9,12-13H,2,10-11H2,1H3,(H,23,24,26). The molecule has 0 unspecified atom stereocenters. The molecule has 0 saturated carbocycles. The lowest BCUT2D eigenvalue weighted by Crippen LogP contribution is -2.18. The molecule has 0 bridgehead atoms. The van der Waals surface area contributed by atoms with Crippen LogP contribution in [0.1, 0.15) is 19.0 Å². The summed E-state index contributed by atoms with van der Waals surface area (Å²) in [6.07, 6.45) is 4.68. The van der Waals surface area contributed by atoms with Gasteiger partial charge in [-0.1, -0.05) is 19.1 Å². The maximum Gasteiger partial charge on any atom is 0.232 e. The Morgan fingerprint density at radius 3 is 2.89 bits per heavy atom. The summed E-state index contributed by atoms with van der Waals surface area (Å²) in [7, 11) is 0. The van der Waals surface area contributed by atoms with Gasteiger partial charge in [0.05, 0.1) is 23.1 Å². The highest BCUT2D eigenvalue weighted by atomic mass is 32.1. The van der Waals surface area contributed by atoms with E-state index in [4.69, 9.17) is 0 Å². The number of carbonyl (C=O) groups excluding carboxylic acids is 1. The van der Waals surface area contributed by atoms with Crippen LogP contribution < -0.4 is 5.32 Å². The Morgan fingerprint density at radius 2 is 2.07 bits per heavy atom. The van der Waals surface area contributed by atoms with Gasteiger partial charge in [0.2, 0.25) is 11.9 Å². The van der Waals surface area contributed by atoms with Gasteiger partial charge in [0.25, 0.3) is 0 Å². The molecule has 0 atom stereocenters. The van der Waals surface area contributed by atoms with E-state index in [1.165, 1.54) is 11.3 Å². The predicted octanol–water partition coefficient (Wildman–Crippen LogP) is 4.15. The van der Waals surface area contributed by atoms with E-state index in [9.17, 15) is 4.79 Å². The van der Waals surface area contributed by atoms with Crippen molar-refractivity contribution in [2.45, 2.75) is 26.3 Å². The molecule has 7 heteroatoms. The number of benzene rings is 1. The number of nitrogens with zero attached hydrogens (tertiary/aromatic N) is 4. The summed E-state index contributed by atoms with van der Waals surface area (Å²) >= 11 is 1.51. The van der Waals surface area contributed by atoms with Crippen LogP contribution in [0.25, 0.3) is 21.6 Å². The summed E-state index contributed by atoms with van der Waals surface area (Å²) < 4.78 is 2.05. The molecule has 0 saturated heterocycles. The summed E-state index contributed by atoms with van der Waals surface area (Å²) in [5.74, 6) is 0.469. The molecule has 3 heterocycles. The topological polar surface area (TPSA) is 72.7 Å². The molecule has 0 spiro atoms. The van der Waals surface area contributed by atoms with E-state index in [0.29, 0.717) is 5.95 Å². The number of aryl methyl sites for hydroxylation is 1. The minimum Gasteiger partial charge on any atom is -0.310 e. The molecule has 4 rings (SSSR count). The Balaban J connectivity index is 1.51. The Labute approximate surface area is 160 Å². The number of hydrogen-bond acceptors (Lipinski definition) is 5. The van der Waals surface area contributed by atoms with E-state index >= 15 is 0 Å². The van der Waals surface area contributed by atoms with Crippen molar-refractivity contribution in [1.29, 1.82) is 0 Å². The van der Waals surface area contributed by atoms with E-state index in [2.05, 4.69) is 31.8 Å². The van der Waals surface area contributed by atoms with Crippen LogP contribution in [0, 0.1) is 0 Å². The van der Waals surface area contributed by atoms with Crippen molar-refractivity contribution in [1.82, 2.24) is 19.5 Å². The van der Waals surface area contributed by atoms with Crippen LogP contribution in [-0.4, -0.2) is 25.4 Å². The molecular weight excluding hydrogens is 358 g/mol. The maximum absolute atomic E-state index is 12.5. The van der Waals surface area contributed by atoms with Crippen LogP contribution in [-0.2, 0) is 17.8 Å². The third kappa shape index (κ3) is 3.73. The van der Waals surface area contributed by atoms with Crippen molar-refractivity contribution in [3.8, 4) is 10.6 Å². The molecule has 0 aliphatic rings. The molecule has 0 aliphatic heterocycles. The zero-order valence-electron chi connectivity index (χ0n) is 14.9. The van der Waals surface area contributed by atoms with Gasteiger partial charge in [-0.15, -0.1) is 11.3 Å². The number of amides is 1. The summed E-state index contributed by atoms with van der Waals surface area (Å²) in [4.78, 5) is 25.8. The van der Waals surface area contributed by atoms with Crippen molar-refractivity contribution in [2.24, 2.45) is 0 Å². The SMILES string of the molecule is CCCn1c(NC(=O)Cc2csc(-c3cccnc3)n2)nc2ccccc21. The molecule has 27 heavy (non-hydrogen) atoms. The maximum atomic E-state index is 12.5. The highest BCUT2D eigenvalue weighted by Crippen LogP contribution is 2.23. The Hall–Kier alpha value is -3.06. The normalized spacial score (nSPS) is 11.0. The van der Waals surface area contributed by atoms with Gasteiger partial charge in [-0.05, 0) is 30.7 Å². The summed E-state index contributed by atoms with van der Waals surface area (Å²) in [5.41, 5.74) is 3.62. The number of rotatable bonds is 6. The third-order valence-corrected chi connectivity index (χ3v) is 5.10. The van der Waals surface area contributed by atoms with E-state index in [1.54, 1.807) is 12.4 Å². The lowest BCUT2D eigenvalue weighted by Gasteiger charge is -2.08. The zero-order valence-corrected chi connectivity index (χ0v) is 15.7. The second kappa shape index (κ2) is 7.67.